The van der Waals surface area contributed by atoms with Crippen LogP contribution in [0.2, 0.25) is 0 Å². The molecule has 0 radical (unpaired) electrons. The van der Waals surface area contributed by atoms with Crippen LogP contribution in [0.25, 0.3) is 0 Å². The standard InChI is InChI=1S/C14H20F2N2/c1-10(13-7-12(15)3-4-14(13)16)18-6-5-11(9-18)8-17-2/h3-4,7,10-11,17H,5-6,8-9H2,1-2H3. The van der Waals surface area contributed by atoms with Crippen molar-refractivity contribution in [1.29, 1.82) is 0 Å². The first-order chi connectivity index (χ1) is 8.61. The molecule has 1 aromatic rings. The van der Waals surface area contributed by atoms with E-state index >= 15 is 0 Å². The van der Waals surface area contributed by atoms with Gasteiger partial charge in [0.25, 0.3) is 0 Å². The fourth-order valence-electron chi connectivity index (χ4n) is 2.70. The van der Waals surface area contributed by atoms with Crippen LogP contribution in [0.1, 0.15) is 24.9 Å². The summed E-state index contributed by atoms with van der Waals surface area (Å²) in [6.45, 7) is 4.82. The Morgan fingerprint density at radius 2 is 2.22 bits per heavy atom. The minimum Gasteiger partial charge on any atom is -0.319 e. The minimum absolute atomic E-state index is 0.0671. The molecule has 0 amide bonds. The second-order valence-electron chi connectivity index (χ2n) is 5.05. The van der Waals surface area contributed by atoms with E-state index in [1.54, 1.807) is 0 Å². The van der Waals surface area contributed by atoms with Gasteiger partial charge in [-0.05, 0) is 57.6 Å². The van der Waals surface area contributed by atoms with Crippen LogP contribution in [0.5, 0.6) is 0 Å². The zero-order chi connectivity index (χ0) is 13.1. The van der Waals surface area contributed by atoms with E-state index in [0.717, 1.165) is 26.1 Å². The molecule has 0 aliphatic carbocycles. The number of benzene rings is 1. The molecule has 2 nitrogen and oxygen atoms in total. The van der Waals surface area contributed by atoms with E-state index in [0.29, 0.717) is 11.5 Å². The number of nitrogens with one attached hydrogen (secondary N) is 1. The van der Waals surface area contributed by atoms with Crippen LogP contribution in [-0.2, 0) is 0 Å². The number of hydrogen-bond donors (Lipinski definition) is 1. The van der Waals surface area contributed by atoms with Crippen molar-refractivity contribution in [3.8, 4) is 0 Å². The van der Waals surface area contributed by atoms with Gasteiger partial charge in [0.1, 0.15) is 11.6 Å². The van der Waals surface area contributed by atoms with E-state index in [9.17, 15) is 8.78 Å². The fraction of sp³-hybridized carbons (Fsp3) is 0.571. The quantitative estimate of drug-likeness (QED) is 0.888. The van der Waals surface area contributed by atoms with Gasteiger partial charge in [-0.3, -0.25) is 4.90 Å². The third-order valence-electron chi connectivity index (χ3n) is 3.77. The molecule has 2 rings (SSSR count). The van der Waals surface area contributed by atoms with E-state index in [4.69, 9.17) is 0 Å². The highest BCUT2D eigenvalue weighted by Crippen LogP contribution is 2.29. The van der Waals surface area contributed by atoms with Gasteiger partial charge in [0.15, 0.2) is 0 Å². The van der Waals surface area contributed by atoms with E-state index in [1.165, 1.54) is 18.2 Å². The Morgan fingerprint density at radius 3 is 2.94 bits per heavy atom. The monoisotopic (exact) mass is 254 g/mol. The second kappa shape index (κ2) is 5.76. The second-order valence-corrected chi connectivity index (χ2v) is 5.05. The van der Waals surface area contributed by atoms with Crippen LogP contribution >= 0.6 is 0 Å². The largest absolute Gasteiger partial charge is 0.319 e. The molecule has 100 valence electrons. The Morgan fingerprint density at radius 1 is 1.44 bits per heavy atom. The van der Waals surface area contributed by atoms with Gasteiger partial charge >= 0.3 is 0 Å². The maximum atomic E-state index is 13.7. The molecule has 2 unspecified atom stereocenters. The molecular weight excluding hydrogens is 234 g/mol. The molecule has 0 spiro atoms. The SMILES string of the molecule is CNCC1CCN(C(C)c2cc(F)ccc2F)C1. The first-order valence-electron chi connectivity index (χ1n) is 6.45. The van der Waals surface area contributed by atoms with Crippen molar-refractivity contribution in [3.05, 3.63) is 35.4 Å². The zero-order valence-electron chi connectivity index (χ0n) is 10.9. The lowest BCUT2D eigenvalue weighted by molar-refractivity contribution is 0.246. The van der Waals surface area contributed by atoms with Crippen LogP contribution in [0.4, 0.5) is 8.78 Å². The fourth-order valence-corrected chi connectivity index (χ4v) is 2.70. The Bertz CT molecular complexity index is 409. The van der Waals surface area contributed by atoms with Gasteiger partial charge in [0.05, 0.1) is 0 Å². The number of rotatable bonds is 4. The minimum atomic E-state index is -0.371. The molecule has 1 fully saturated rings. The average molecular weight is 254 g/mol. The zero-order valence-corrected chi connectivity index (χ0v) is 10.9. The molecular formula is C14H20F2N2. The summed E-state index contributed by atoms with van der Waals surface area (Å²) in [6, 6.07) is 3.62. The summed E-state index contributed by atoms with van der Waals surface area (Å²) in [5.74, 6) is -0.0840. The number of likely N-dealkylation sites (tertiary alicyclic amines) is 1. The van der Waals surface area contributed by atoms with Gasteiger partial charge in [-0.1, -0.05) is 0 Å². The third-order valence-corrected chi connectivity index (χ3v) is 3.77. The maximum absolute atomic E-state index is 13.7. The molecule has 0 bridgehead atoms. The lowest BCUT2D eigenvalue weighted by atomic mass is 10.1. The molecule has 1 aromatic carbocycles. The summed E-state index contributed by atoms with van der Waals surface area (Å²) in [5, 5.41) is 3.17. The highest BCUT2D eigenvalue weighted by molar-refractivity contribution is 5.22. The molecule has 1 saturated heterocycles. The summed E-state index contributed by atoms with van der Waals surface area (Å²) in [6.07, 6.45) is 1.11. The van der Waals surface area contributed by atoms with E-state index in [2.05, 4.69) is 10.2 Å². The highest BCUT2D eigenvalue weighted by atomic mass is 19.1. The highest BCUT2D eigenvalue weighted by Gasteiger charge is 2.27. The van der Waals surface area contributed by atoms with Crippen molar-refractivity contribution >= 4 is 0 Å². The van der Waals surface area contributed by atoms with E-state index < -0.39 is 0 Å². The van der Waals surface area contributed by atoms with Crippen molar-refractivity contribution < 1.29 is 8.78 Å². The molecule has 0 aromatic heterocycles. The van der Waals surface area contributed by atoms with Gasteiger partial charge in [-0.25, -0.2) is 8.78 Å². The molecule has 4 heteroatoms. The Labute approximate surface area is 107 Å². The molecule has 1 N–H and O–H groups in total. The number of hydrogen-bond acceptors (Lipinski definition) is 2. The smallest absolute Gasteiger partial charge is 0.128 e. The molecule has 1 aliphatic heterocycles. The lowest BCUT2D eigenvalue weighted by Crippen LogP contribution is -2.27. The van der Waals surface area contributed by atoms with Crippen molar-refractivity contribution in [2.24, 2.45) is 5.92 Å². The Hall–Kier alpha value is -1.00. The van der Waals surface area contributed by atoms with Crippen LogP contribution in [0.15, 0.2) is 18.2 Å². The molecule has 1 heterocycles. The van der Waals surface area contributed by atoms with Crippen LogP contribution in [0, 0.1) is 17.6 Å². The first kappa shape index (κ1) is 13.4. The summed E-state index contributed by atoms with van der Waals surface area (Å²) in [7, 11) is 1.94. The predicted molar refractivity (Wildman–Crippen MR) is 68.4 cm³/mol. The summed E-state index contributed by atoms with van der Waals surface area (Å²) >= 11 is 0. The molecule has 18 heavy (non-hydrogen) atoms. The van der Waals surface area contributed by atoms with Gasteiger partial charge in [-0.2, -0.15) is 0 Å². The van der Waals surface area contributed by atoms with Gasteiger partial charge in [0.2, 0.25) is 0 Å². The summed E-state index contributed by atoms with van der Waals surface area (Å²) < 4.78 is 26.9. The van der Waals surface area contributed by atoms with Crippen molar-refractivity contribution in [1.82, 2.24) is 10.2 Å². The van der Waals surface area contributed by atoms with Crippen LogP contribution < -0.4 is 5.32 Å². The van der Waals surface area contributed by atoms with E-state index in [-0.39, 0.29) is 17.7 Å². The molecule has 0 saturated carbocycles. The van der Waals surface area contributed by atoms with Crippen LogP contribution in [0.3, 0.4) is 0 Å². The molecule has 2 atom stereocenters. The maximum Gasteiger partial charge on any atom is 0.128 e. The van der Waals surface area contributed by atoms with Gasteiger partial charge < -0.3 is 5.32 Å². The van der Waals surface area contributed by atoms with E-state index in [1.807, 2.05) is 14.0 Å². The van der Waals surface area contributed by atoms with Gasteiger partial charge in [0, 0.05) is 18.2 Å². The number of nitrogens with zero attached hydrogens (tertiary/aromatic N) is 1. The Kier molecular flexibility index (Phi) is 4.30. The summed E-state index contributed by atoms with van der Waals surface area (Å²) in [5.41, 5.74) is 0.458. The normalized spacial score (nSPS) is 22.3. The van der Waals surface area contributed by atoms with Crippen molar-refractivity contribution in [3.63, 3.8) is 0 Å². The van der Waals surface area contributed by atoms with Crippen molar-refractivity contribution in [2.45, 2.75) is 19.4 Å². The van der Waals surface area contributed by atoms with Gasteiger partial charge in [-0.15, -0.1) is 0 Å². The van der Waals surface area contributed by atoms with Crippen molar-refractivity contribution in [2.75, 3.05) is 26.7 Å². The lowest BCUT2D eigenvalue weighted by Gasteiger charge is -2.25. The summed E-state index contributed by atoms with van der Waals surface area (Å²) in [4.78, 5) is 2.22. The predicted octanol–water partition coefficient (Wildman–Crippen LogP) is 2.57. The number of halogens is 2. The average Bonchev–Trinajstić information content (AvgIpc) is 2.80. The molecule has 1 aliphatic rings. The van der Waals surface area contributed by atoms with Crippen LogP contribution in [-0.4, -0.2) is 31.6 Å². The first-order valence-corrected chi connectivity index (χ1v) is 6.45. The third kappa shape index (κ3) is 2.87. The Balaban J connectivity index is 2.07. The topological polar surface area (TPSA) is 15.3 Å².